The number of hydrogen-bond acceptors (Lipinski definition) is 3. The summed E-state index contributed by atoms with van der Waals surface area (Å²) in [7, 11) is 0. The molecule has 1 aliphatic carbocycles. The summed E-state index contributed by atoms with van der Waals surface area (Å²) >= 11 is 0. The Hall–Kier alpha value is -0.610. The van der Waals surface area contributed by atoms with Gasteiger partial charge < -0.3 is 11.1 Å². The lowest BCUT2D eigenvalue weighted by Crippen LogP contribution is -2.53. The Morgan fingerprint density at radius 2 is 2.07 bits per heavy atom. The van der Waals surface area contributed by atoms with Crippen molar-refractivity contribution in [3.8, 4) is 0 Å². The Labute approximate surface area is 91.2 Å². The number of nitrogens with two attached hydrogens (primary N) is 1. The van der Waals surface area contributed by atoms with E-state index >= 15 is 0 Å². The van der Waals surface area contributed by atoms with Gasteiger partial charge in [-0.2, -0.15) is 0 Å². The van der Waals surface area contributed by atoms with Crippen molar-refractivity contribution in [1.82, 2.24) is 10.2 Å². The summed E-state index contributed by atoms with van der Waals surface area (Å²) in [5.74, 6) is 0.183. The summed E-state index contributed by atoms with van der Waals surface area (Å²) in [5, 5.41) is 2.92. The first-order valence-electron chi connectivity index (χ1n) is 5.99. The molecule has 0 aromatic heterocycles. The zero-order valence-corrected chi connectivity index (χ0v) is 9.30. The monoisotopic (exact) mass is 211 g/mol. The lowest BCUT2D eigenvalue weighted by Gasteiger charge is -2.39. The molecule has 0 spiro atoms. The van der Waals surface area contributed by atoms with Gasteiger partial charge in [-0.05, 0) is 12.8 Å². The smallest absolute Gasteiger partial charge is 0.221 e. The van der Waals surface area contributed by atoms with Crippen LogP contribution < -0.4 is 11.1 Å². The lowest BCUT2D eigenvalue weighted by molar-refractivity contribution is -0.120. The SMILES string of the molecule is NCC1(N2CCNC(=O)CC2)CCCC1. The molecule has 2 rings (SSSR count). The number of nitrogens with one attached hydrogen (secondary N) is 1. The van der Waals surface area contributed by atoms with Crippen molar-refractivity contribution in [3.05, 3.63) is 0 Å². The minimum Gasteiger partial charge on any atom is -0.355 e. The molecule has 0 bridgehead atoms. The predicted molar refractivity (Wildman–Crippen MR) is 59.5 cm³/mol. The normalized spacial score (nSPS) is 27.4. The van der Waals surface area contributed by atoms with Crippen LogP contribution in [0.3, 0.4) is 0 Å². The highest BCUT2D eigenvalue weighted by Gasteiger charge is 2.38. The van der Waals surface area contributed by atoms with Crippen LogP contribution in [0.5, 0.6) is 0 Å². The van der Waals surface area contributed by atoms with Gasteiger partial charge in [0.2, 0.25) is 5.91 Å². The highest BCUT2D eigenvalue weighted by atomic mass is 16.1. The van der Waals surface area contributed by atoms with Crippen LogP contribution in [0.2, 0.25) is 0 Å². The van der Waals surface area contributed by atoms with Crippen molar-refractivity contribution in [2.45, 2.75) is 37.6 Å². The second-order valence-electron chi connectivity index (χ2n) is 4.72. The third kappa shape index (κ3) is 2.16. The number of carbonyl (C=O) groups excluding carboxylic acids is 1. The molecule has 15 heavy (non-hydrogen) atoms. The van der Waals surface area contributed by atoms with E-state index in [1.54, 1.807) is 0 Å². The number of nitrogens with zero attached hydrogens (tertiary/aromatic N) is 1. The van der Waals surface area contributed by atoms with Crippen LogP contribution in [0.15, 0.2) is 0 Å². The first kappa shape index (κ1) is 10.9. The molecule has 0 unspecified atom stereocenters. The van der Waals surface area contributed by atoms with E-state index in [2.05, 4.69) is 10.2 Å². The standard InChI is InChI=1S/C11H21N3O/c12-9-11(4-1-2-5-11)14-7-3-10(15)13-6-8-14/h1-9,12H2,(H,13,15). The van der Waals surface area contributed by atoms with E-state index < -0.39 is 0 Å². The van der Waals surface area contributed by atoms with E-state index in [0.717, 1.165) is 26.2 Å². The van der Waals surface area contributed by atoms with Crippen molar-refractivity contribution in [3.63, 3.8) is 0 Å². The van der Waals surface area contributed by atoms with Gasteiger partial charge in [-0.25, -0.2) is 0 Å². The van der Waals surface area contributed by atoms with Crippen LogP contribution in [-0.4, -0.2) is 42.5 Å². The summed E-state index contributed by atoms with van der Waals surface area (Å²) in [6, 6.07) is 0. The van der Waals surface area contributed by atoms with E-state index in [4.69, 9.17) is 5.73 Å². The summed E-state index contributed by atoms with van der Waals surface area (Å²) in [6.07, 6.45) is 5.61. The Morgan fingerprint density at radius 1 is 1.33 bits per heavy atom. The highest BCUT2D eigenvalue weighted by molar-refractivity contribution is 5.76. The van der Waals surface area contributed by atoms with Gasteiger partial charge in [0.05, 0.1) is 0 Å². The molecule has 1 amide bonds. The molecular weight excluding hydrogens is 190 g/mol. The number of hydrogen-bond donors (Lipinski definition) is 2. The molecule has 2 aliphatic rings. The van der Waals surface area contributed by atoms with E-state index in [9.17, 15) is 4.79 Å². The zero-order chi connectivity index (χ0) is 10.7. The first-order chi connectivity index (χ1) is 7.27. The molecule has 1 saturated carbocycles. The molecule has 0 radical (unpaired) electrons. The van der Waals surface area contributed by atoms with Gasteiger partial charge >= 0.3 is 0 Å². The minimum atomic E-state index is 0.183. The summed E-state index contributed by atoms with van der Waals surface area (Å²) in [5.41, 5.74) is 6.14. The van der Waals surface area contributed by atoms with Gasteiger partial charge in [-0.3, -0.25) is 9.69 Å². The average molecular weight is 211 g/mol. The van der Waals surface area contributed by atoms with Crippen molar-refractivity contribution >= 4 is 5.91 Å². The largest absolute Gasteiger partial charge is 0.355 e. The van der Waals surface area contributed by atoms with Crippen LogP contribution in [-0.2, 0) is 4.79 Å². The van der Waals surface area contributed by atoms with Gasteiger partial charge in [-0.1, -0.05) is 12.8 Å². The first-order valence-corrected chi connectivity index (χ1v) is 5.99. The molecular formula is C11H21N3O. The summed E-state index contributed by atoms with van der Waals surface area (Å²) < 4.78 is 0. The van der Waals surface area contributed by atoms with Gasteiger partial charge in [0.25, 0.3) is 0 Å². The Kier molecular flexibility index (Phi) is 3.26. The van der Waals surface area contributed by atoms with Crippen LogP contribution in [0.4, 0.5) is 0 Å². The molecule has 0 aromatic rings. The lowest BCUT2D eigenvalue weighted by atomic mass is 9.95. The van der Waals surface area contributed by atoms with Crippen LogP contribution in [0.25, 0.3) is 0 Å². The van der Waals surface area contributed by atoms with Gasteiger partial charge in [0, 0.05) is 38.1 Å². The third-order valence-electron chi connectivity index (χ3n) is 3.90. The molecule has 1 heterocycles. The maximum Gasteiger partial charge on any atom is 0.221 e. The molecule has 1 aliphatic heterocycles. The fourth-order valence-corrected chi connectivity index (χ4v) is 2.92. The van der Waals surface area contributed by atoms with Crippen LogP contribution in [0, 0.1) is 0 Å². The molecule has 3 N–H and O–H groups in total. The molecule has 0 aromatic carbocycles. The minimum absolute atomic E-state index is 0.183. The fourth-order valence-electron chi connectivity index (χ4n) is 2.92. The molecule has 2 fully saturated rings. The Morgan fingerprint density at radius 3 is 2.73 bits per heavy atom. The Balaban J connectivity index is 2.04. The summed E-state index contributed by atoms with van der Waals surface area (Å²) in [6.45, 7) is 3.35. The number of amides is 1. The summed E-state index contributed by atoms with van der Waals surface area (Å²) in [4.78, 5) is 13.7. The maximum atomic E-state index is 11.3. The Bertz CT molecular complexity index is 236. The average Bonchev–Trinajstić information content (AvgIpc) is 2.63. The fraction of sp³-hybridized carbons (Fsp3) is 0.909. The molecule has 4 heteroatoms. The molecule has 86 valence electrons. The third-order valence-corrected chi connectivity index (χ3v) is 3.90. The quantitative estimate of drug-likeness (QED) is 0.680. The van der Waals surface area contributed by atoms with Gasteiger partial charge in [0.15, 0.2) is 0 Å². The van der Waals surface area contributed by atoms with E-state index in [-0.39, 0.29) is 11.4 Å². The number of rotatable bonds is 2. The zero-order valence-electron chi connectivity index (χ0n) is 9.30. The molecule has 4 nitrogen and oxygen atoms in total. The van der Waals surface area contributed by atoms with Crippen molar-refractivity contribution in [2.24, 2.45) is 5.73 Å². The molecule has 0 atom stereocenters. The molecule has 1 saturated heterocycles. The van der Waals surface area contributed by atoms with Gasteiger partial charge in [0.1, 0.15) is 0 Å². The highest BCUT2D eigenvalue weighted by Crippen LogP contribution is 2.34. The second kappa shape index (κ2) is 4.49. The van der Waals surface area contributed by atoms with Crippen molar-refractivity contribution < 1.29 is 4.79 Å². The number of carbonyl (C=O) groups is 1. The van der Waals surface area contributed by atoms with Crippen LogP contribution >= 0.6 is 0 Å². The van der Waals surface area contributed by atoms with Crippen LogP contribution in [0.1, 0.15) is 32.1 Å². The van der Waals surface area contributed by atoms with Gasteiger partial charge in [-0.15, -0.1) is 0 Å². The van der Waals surface area contributed by atoms with Crippen molar-refractivity contribution in [2.75, 3.05) is 26.2 Å². The van der Waals surface area contributed by atoms with E-state index in [1.165, 1.54) is 25.7 Å². The van der Waals surface area contributed by atoms with E-state index in [1.807, 2.05) is 0 Å². The maximum absolute atomic E-state index is 11.3. The van der Waals surface area contributed by atoms with E-state index in [0.29, 0.717) is 6.42 Å². The second-order valence-corrected chi connectivity index (χ2v) is 4.72. The predicted octanol–water partition coefficient (Wildman–Crippen LogP) is 0.0798. The topological polar surface area (TPSA) is 58.4 Å². The van der Waals surface area contributed by atoms with Crippen molar-refractivity contribution in [1.29, 1.82) is 0 Å².